The summed E-state index contributed by atoms with van der Waals surface area (Å²) in [5.41, 5.74) is 8.37. The van der Waals surface area contributed by atoms with Crippen LogP contribution in [0.3, 0.4) is 0 Å². The van der Waals surface area contributed by atoms with Crippen LogP contribution in [0.15, 0.2) is 0 Å². The molecule has 0 amide bonds. The first-order valence-electron chi connectivity index (χ1n) is 3.11. The van der Waals surface area contributed by atoms with Gasteiger partial charge >= 0.3 is 5.97 Å². The van der Waals surface area contributed by atoms with Crippen LogP contribution in [0.1, 0.15) is 13.8 Å². The van der Waals surface area contributed by atoms with Crippen LogP contribution < -0.4 is 11.5 Å². The van der Waals surface area contributed by atoms with Crippen molar-refractivity contribution in [2.45, 2.75) is 19.5 Å². The van der Waals surface area contributed by atoms with Gasteiger partial charge in [0.2, 0.25) is 0 Å². The average Bonchev–Trinajstić information content (AvgIpc) is 1.85. The van der Waals surface area contributed by atoms with Gasteiger partial charge in [0.1, 0.15) is 5.78 Å². The van der Waals surface area contributed by atoms with E-state index in [1.165, 1.54) is 13.8 Å². The van der Waals surface area contributed by atoms with E-state index in [9.17, 15) is 9.59 Å². The van der Waals surface area contributed by atoms with Crippen LogP contribution in [0.5, 0.6) is 0 Å². The van der Waals surface area contributed by atoms with E-state index in [4.69, 9.17) is 16.6 Å². The molecule has 0 spiro atoms. The second-order valence-corrected chi connectivity index (χ2v) is 2.57. The number of hydrogen-bond acceptors (Lipinski definition) is 4. The smallest absolute Gasteiger partial charge is 0.339 e. The number of ketones is 1. The second-order valence-electron chi connectivity index (χ2n) is 2.57. The first-order valence-corrected chi connectivity index (χ1v) is 3.11. The third-order valence-corrected chi connectivity index (χ3v) is 1.70. The Bertz CT molecular complexity index is 188. The molecule has 0 aliphatic rings. The van der Waals surface area contributed by atoms with Crippen LogP contribution in [0.2, 0.25) is 0 Å². The minimum absolute atomic E-state index is 0.336. The molecule has 64 valence electrons. The molecule has 5 heteroatoms. The maximum Gasteiger partial charge on any atom is 0.339 e. The molecule has 0 rings (SSSR count). The fourth-order valence-electron chi connectivity index (χ4n) is 0.522. The largest absolute Gasteiger partial charge is 0.479 e. The van der Waals surface area contributed by atoms with Gasteiger partial charge in [-0.05, 0) is 6.92 Å². The van der Waals surface area contributed by atoms with Crippen LogP contribution in [-0.4, -0.2) is 22.5 Å². The average molecular weight is 160 g/mol. The Morgan fingerprint density at radius 3 is 1.91 bits per heavy atom. The normalized spacial score (nSPS) is 14.2. The zero-order valence-corrected chi connectivity index (χ0v) is 6.50. The maximum atomic E-state index is 10.7. The SMILES string of the molecule is CC(=O)C(C)C(N)(N)C(=O)O. The number of carbonyl (C=O) groups is 2. The van der Waals surface area contributed by atoms with Gasteiger partial charge in [0.25, 0.3) is 0 Å². The minimum Gasteiger partial charge on any atom is -0.479 e. The van der Waals surface area contributed by atoms with Gasteiger partial charge in [-0.15, -0.1) is 0 Å². The highest BCUT2D eigenvalue weighted by atomic mass is 16.4. The van der Waals surface area contributed by atoms with E-state index in [-0.39, 0.29) is 5.78 Å². The Hall–Kier alpha value is -0.940. The van der Waals surface area contributed by atoms with Gasteiger partial charge in [-0.1, -0.05) is 6.92 Å². The van der Waals surface area contributed by atoms with Crippen LogP contribution in [0, 0.1) is 5.92 Å². The van der Waals surface area contributed by atoms with Crippen LogP contribution >= 0.6 is 0 Å². The fourth-order valence-corrected chi connectivity index (χ4v) is 0.522. The lowest BCUT2D eigenvalue weighted by Crippen LogP contribution is -2.62. The minimum atomic E-state index is -1.95. The lowest BCUT2D eigenvalue weighted by atomic mass is 9.93. The predicted octanol–water partition coefficient (Wildman–Crippen LogP) is -1.09. The molecule has 0 aliphatic heterocycles. The van der Waals surface area contributed by atoms with Crippen molar-refractivity contribution >= 4 is 11.8 Å². The molecule has 0 saturated carbocycles. The molecule has 5 nitrogen and oxygen atoms in total. The molecule has 0 aromatic carbocycles. The van der Waals surface area contributed by atoms with E-state index in [0.29, 0.717) is 0 Å². The van der Waals surface area contributed by atoms with E-state index in [2.05, 4.69) is 0 Å². The number of carbonyl (C=O) groups excluding carboxylic acids is 1. The highest BCUT2D eigenvalue weighted by Gasteiger charge is 2.38. The van der Waals surface area contributed by atoms with E-state index < -0.39 is 17.6 Å². The molecular formula is C6H12N2O3. The summed E-state index contributed by atoms with van der Waals surface area (Å²) in [7, 11) is 0. The molecule has 0 bridgehead atoms. The molecule has 0 aromatic heterocycles. The van der Waals surface area contributed by atoms with Crippen LogP contribution in [-0.2, 0) is 9.59 Å². The standard InChI is InChI=1S/C6H12N2O3/c1-3(4(2)9)6(7,8)5(10)11/h3H,7-8H2,1-2H3,(H,10,11). The van der Waals surface area contributed by atoms with Crippen molar-refractivity contribution in [1.82, 2.24) is 0 Å². The number of carboxylic acids is 1. The Balaban J connectivity index is 4.55. The topological polar surface area (TPSA) is 106 Å². The number of nitrogens with two attached hydrogens (primary N) is 2. The molecule has 1 unspecified atom stereocenters. The summed E-state index contributed by atoms with van der Waals surface area (Å²) >= 11 is 0. The van der Waals surface area contributed by atoms with Gasteiger partial charge in [-0.3, -0.25) is 4.79 Å². The number of rotatable bonds is 3. The Kier molecular flexibility index (Phi) is 2.72. The van der Waals surface area contributed by atoms with Gasteiger partial charge in [-0.2, -0.15) is 0 Å². The third kappa shape index (κ3) is 1.99. The first kappa shape index (κ1) is 10.1. The van der Waals surface area contributed by atoms with E-state index in [1.54, 1.807) is 0 Å². The quantitative estimate of drug-likeness (QED) is 0.455. The summed E-state index contributed by atoms with van der Waals surface area (Å²) in [6.07, 6.45) is 0. The Labute approximate surface area is 64.4 Å². The molecule has 0 aliphatic carbocycles. The Morgan fingerprint density at radius 1 is 1.45 bits per heavy atom. The third-order valence-electron chi connectivity index (χ3n) is 1.70. The van der Waals surface area contributed by atoms with E-state index in [0.717, 1.165) is 0 Å². The summed E-state index contributed by atoms with van der Waals surface area (Å²) in [5, 5.41) is 8.46. The molecule has 11 heavy (non-hydrogen) atoms. The molecule has 0 saturated heterocycles. The Morgan fingerprint density at radius 2 is 1.82 bits per heavy atom. The number of carboxylic acid groups (broad SMARTS) is 1. The monoisotopic (exact) mass is 160 g/mol. The molecule has 0 radical (unpaired) electrons. The zero-order chi connectivity index (χ0) is 9.23. The van der Waals surface area contributed by atoms with Crippen molar-refractivity contribution in [3.63, 3.8) is 0 Å². The molecule has 5 N–H and O–H groups in total. The van der Waals surface area contributed by atoms with Gasteiger partial charge < -0.3 is 16.6 Å². The summed E-state index contributed by atoms with van der Waals surface area (Å²) in [5.74, 6) is -2.59. The van der Waals surface area contributed by atoms with E-state index >= 15 is 0 Å². The summed E-state index contributed by atoms with van der Waals surface area (Å²) < 4.78 is 0. The molecule has 0 fully saturated rings. The highest BCUT2D eigenvalue weighted by Crippen LogP contribution is 2.09. The van der Waals surface area contributed by atoms with Crippen LogP contribution in [0.4, 0.5) is 0 Å². The van der Waals surface area contributed by atoms with Crippen molar-refractivity contribution < 1.29 is 14.7 Å². The van der Waals surface area contributed by atoms with Gasteiger partial charge in [0.05, 0.1) is 5.92 Å². The highest BCUT2D eigenvalue weighted by molar-refractivity contribution is 5.88. The summed E-state index contributed by atoms with van der Waals surface area (Å²) in [4.78, 5) is 21.0. The summed E-state index contributed by atoms with van der Waals surface area (Å²) in [6, 6.07) is 0. The maximum absolute atomic E-state index is 10.7. The van der Waals surface area contributed by atoms with Crippen molar-refractivity contribution in [2.75, 3.05) is 0 Å². The molecule has 1 atom stereocenters. The van der Waals surface area contributed by atoms with Crippen molar-refractivity contribution in [1.29, 1.82) is 0 Å². The predicted molar refractivity (Wildman–Crippen MR) is 38.6 cm³/mol. The lowest BCUT2D eigenvalue weighted by Gasteiger charge is -2.24. The van der Waals surface area contributed by atoms with Crippen molar-refractivity contribution in [3.05, 3.63) is 0 Å². The lowest BCUT2D eigenvalue weighted by molar-refractivity contribution is -0.147. The van der Waals surface area contributed by atoms with Crippen molar-refractivity contribution in [2.24, 2.45) is 17.4 Å². The van der Waals surface area contributed by atoms with Crippen LogP contribution in [0.25, 0.3) is 0 Å². The molecule has 0 aromatic rings. The summed E-state index contributed by atoms with van der Waals surface area (Å²) in [6.45, 7) is 2.64. The van der Waals surface area contributed by atoms with Gasteiger partial charge in [0.15, 0.2) is 5.66 Å². The molecular weight excluding hydrogens is 148 g/mol. The van der Waals surface area contributed by atoms with Crippen molar-refractivity contribution in [3.8, 4) is 0 Å². The van der Waals surface area contributed by atoms with Gasteiger partial charge in [-0.25, -0.2) is 4.79 Å². The number of hydrogen-bond donors (Lipinski definition) is 3. The zero-order valence-electron chi connectivity index (χ0n) is 6.50. The van der Waals surface area contributed by atoms with Gasteiger partial charge in [0, 0.05) is 0 Å². The fraction of sp³-hybridized carbons (Fsp3) is 0.667. The molecule has 0 heterocycles. The van der Waals surface area contributed by atoms with E-state index in [1.807, 2.05) is 0 Å². The first-order chi connectivity index (χ1) is 4.80. The number of aliphatic carboxylic acids is 1. The second kappa shape index (κ2) is 2.98. The number of Topliss-reactive ketones (excluding diaryl/α,β-unsaturated/α-hetero) is 1.